The van der Waals surface area contributed by atoms with Gasteiger partial charge in [0.15, 0.2) is 0 Å². The lowest BCUT2D eigenvalue weighted by molar-refractivity contribution is 0.0999. The van der Waals surface area contributed by atoms with Crippen LogP contribution in [0.4, 0.5) is 0 Å². The van der Waals surface area contributed by atoms with E-state index in [0.29, 0.717) is 11.3 Å². The Kier molecular flexibility index (Phi) is 4.54. The first-order valence-corrected chi connectivity index (χ1v) is 7.58. The number of nitrogens with one attached hydrogen (secondary N) is 1. The smallest absolute Gasteiger partial charge is 0.250 e. The van der Waals surface area contributed by atoms with Crippen LogP contribution in [0.25, 0.3) is 23.4 Å². The molecule has 0 aliphatic carbocycles. The third kappa shape index (κ3) is 3.42. The summed E-state index contributed by atoms with van der Waals surface area (Å²) in [7, 11) is 0. The Bertz CT molecular complexity index is 881. The third-order valence-electron chi connectivity index (χ3n) is 3.71. The molecule has 5 heteroatoms. The van der Waals surface area contributed by atoms with Gasteiger partial charge in [-0.25, -0.2) is 0 Å². The van der Waals surface area contributed by atoms with Crippen molar-refractivity contribution in [1.29, 1.82) is 0 Å². The fourth-order valence-corrected chi connectivity index (χ4v) is 2.49. The molecule has 2 heterocycles. The number of nitrogens with two attached hydrogens (primary N) is 2. The Morgan fingerprint density at radius 2 is 1.92 bits per heavy atom. The van der Waals surface area contributed by atoms with Crippen molar-refractivity contribution < 1.29 is 4.79 Å². The molecule has 0 fully saturated rings. The number of aromatic amines is 1. The summed E-state index contributed by atoms with van der Waals surface area (Å²) in [5.74, 6) is -0.490. The number of pyridine rings is 1. The van der Waals surface area contributed by atoms with Crippen molar-refractivity contribution in [3.05, 3.63) is 77.2 Å². The Hall–Kier alpha value is -3.18. The molecule has 0 aliphatic rings. The highest BCUT2D eigenvalue weighted by Crippen LogP contribution is 2.22. The Morgan fingerprint density at radius 1 is 1.12 bits per heavy atom. The summed E-state index contributed by atoms with van der Waals surface area (Å²) in [4.78, 5) is 19.0. The number of H-pyrrole nitrogens is 1. The molecule has 0 radical (unpaired) electrons. The summed E-state index contributed by atoms with van der Waals surface area (Å²) >= 11 is 0. The molecule has 0 saturated carbocycles. The second-order valence-corrected chi connectivity index (χ2v) is 5.36. The summed E-state index contributed by atoms with van der Waals surface area (Å²) in [5.41, 5.74) is 15.7. The lowest BCUT2D eigenvalue weighted by Gasteiger charge is -2.00. The number of hydrogen-bond acceptors (Lipinski definition) is 3. The first-order chi connectivity index (χ1) is 11.7. The van der Waals surface area contributed by atoms with Gasteiger partial charge in [-0.2, -0.15) is 0 Å². The average molecular weight is 318 g/mol. The molecule has 0 atom stereocenters. The quantitative estimate of drug-likeness (QED) is 0.674. The van der Waals surface area contributed by atoms with Crippen LogP contribution in [0.2, 0.25) is 0 Å². The summed E-state index contributed by atoms with van der Waals surface area (Å²) in [6.07, 6.45) is 5.68. The van der Waals surface area contributed by atoms with Gasteiger partial charge in [-0.05, 0) is 29.8 Å². The van der Waals surface area contributed by atoms with Crippen LogP contribution in [0.15, 0.2) is 54.7 Å². The summed E-state index contributed by atoms with van der Waals surface area (Å²) in [5, 5.41) is 0. The topological polar surface area (TPSA) is 97.8 Å². The van der Waals surface area contributed by atoms with Crippen molar-refractivity contribution in [2.24, 2.45) is 11.5 Å². The highest BCUT2D eigenvalue weighted by molar-refractivity contribution is 5.95. The molecule has 2 aromatic heterocycles. The highest BCUT2D eigenvalue weighted by atomic mass is 16.1. The van der Waals surface area contributed by atoms with Crippen molar-refractivity contribution in [3.8, 4) is 11.3 Å². The molecule has 120 valence electrons. The predicted octanol–water partition coefficient (Wildman–Crippen LogP) is 2.80. The number of hydrogen-bond donors (Lipinski definition) is 3. The summed E-state index contributed by atoms with van der Waals surface area (Å²) < 4.78 is 0. The van der Waals surface area contributed by atoms with E-state index in [1.54, 1.807) is 12.3 Å². The minimum Gasteiger partial charge on any atom is -0.366 e. The lowest BCUT2D eigenvalue weighted by Crippen LogP contribution is -2.13. The zero-order chi connectivity index (χ0) is 16.9. The first kappa shape index (κ1) is 15.7. The number of carbonyl (C=O) groups excluding carboxylic acids is 1. The fraction of sp³-hybridized carbons (Fsp3) is 0.0526. The minimum atomic E-state index is -0.490. The molecule has 3 aromatic rings. The van der Waals surface area contributed by atoms with Gasteiger partial charge in [-0.3, -0.25) is 9.78 Å². The van der Waals surface area contributed by atoms with Crippen molar-refractivity contribution >= 4 is 18.1 Å². The van der Waals surface area contributed by atoms with Crippen LogP contribution in [-0.4, -0.2) is 15.9 Å². The second-order valence-electron chi connectivity index (χ2n) is 5.36. The molecule has 3 rings (SSSR count). The molecule has 1 amide bonds. The summed E-state index contributed by atoms with van der Waals surface area (Å²) in [6.45, 7) is 0.226. The monoisotopic (exact) mass is 318 g/mol. The molecule has 0 unspecified atom stereocenters. The average Bonchev–Trinajstić information content (AvgIpc) is 3.06. The van der Waals surface area contributed by atoms with E-state index in [-0.39, 0.29) is 6.54 Å². The van der Waals surface area contributed by atoms with Crippen molar-refractivity contribution in [2.75, 3.05) is 0 Å². The van der Waals surface area contributed by atoms with Gasteiger partial charge in [0.1, 0.15) is 0 Å². The van der Waals surface area contributed by atoms with Gasteiger partial charge in [0, 0.05) is 29.7 Å². The van der Waals surface area contributed by atoms with E-state index in [1.807, 2.05) is 54.6 Å². The van der Waals surface area contributed by atoms with E-state index in [0.717, 1.165) is 22.5 Å². The van der Waals surface area contributed by atoms with Crippen LogP contribution < -0.4 is 11.5 Å². The highest BCUT2D eigenvalue weighted by Gasteiger charge is 2.12. The Labute approximate surface area is 140 Å². The van der Waals surface area contributed by atoms with Crippen LogP contribution in [0.1, 0.15) is 27.3 Å². The normalized spacial score (nSPS) is 11.0. The molecular weight excluding hydrogens is 300 g/mol. The second kappa shape index (κ2) is 6.93. The van der Waals surface area contributed by atoms with Gasteiger partial charge in [0.25, 0.3) is 5.91 Å². The summed E-state index contributed by atoms with van der Waals surface area (Å²) in [6, 6.07) is 15.5. The van der Waals surface area contributed by atoms with E-state index in [4.69, 9.17) is 11.5 Å². The van der Waals surface area contributed by atoms with E-state index in [2.05, 4.69) is 9.97 Å². The van der Waals surface area contributed by atoms with Crippen molar-refractivity contribution in [2.45, 2.75) is 6.54 Å². The molecule has 5 nitrogen and oxygen atoms in total. The van der Waals surface area contributed by atoms with Crippen LogP contribution in [0.5, 0.6) is 0 Å². The van der Waals surface area contributed by atoms with E-state index >= 15 is 0 Å². The maximum atomic E-state index is 11.5. The van der Waals surface area contributed by atoms with Crippen LogP contribution in [0, 0.1) is 0 Å². The molecule has 0 saturated heterocycles. The molecule has 1 aromatic carbocycles. The van der Waals surface area contributed by atoms with Gasteiger partial charge in [0.05, 0.1) is 11.3 Å². The predicted molar refractivity (Wildman–Crippen MR) is 95.8 cm³/mol. The molecular formula is C19H18N4O. The van der Waals surface area contributed by atoms with E-state index in [1.165, 1.54) is 0 Å². The van der Waals surface area contributed by atoms with Gasteiger partial charge >= 0.3 is 0 Å². The molecule has 24 heavy (non-hydrogen) atoms. The van der Waals surface area contributed by atoms with E-state index < -0.39 is 5.91 Å². The number of carbonyl (C=O) groups is 1. The van der Waals surface area contributed by atoms with Crippen LogP contribution in [0.3, 0.4) is 0 Å². The molecule has 0 spiro atoms. The lowest BCUT2D eigenvalue weighted by atomic mass is 10.1. The number of amides is 1. The van der Waals surface area contributed by atoms with Crippen molar-refractivity contribution in [3.63, 3.8) is 0 Å². The maximum absolute atomic E-state index is 11.5. The number of benzene rings is 1. The zero-order valence-corrected chi connectivity index (χ0v) is 13.1. The van der Waals surface area contributed by atoms with Gasteiger partial charge in [0.2, 0.25) is 0 Å². The van der Waals surface area contributed by atoms with Gasteiger partial charge in [-0.15, -0.1) is 0 Å². The fourth-order valence-electron chi connectivity index (χ4n) is 2.49. The van der Waals surface area contributed by atoms with Crippen LogP contribution >= 0.6 is 0 Å². The van der Waals surface area contributed by atoms with Crippen LogP contribution in [-0.2, 0) is 6.54 Å². The number of rotatable bonds is 5. The largest absolute Gasteiger partial charge is 0.366 e. The number of aromatic nitrogens is 2. The molecule has 0 aliphatic heterocycles. The SMILES string of the molecule is NCc1[nH]c(-c2ccnc(C=Cc3ccccc3)c2)cc1C(N)=O. The van der Waals surface area contributed by atoms with Crippen molar-refractivity contribution in [1.82, 2.24) is 9.97 Å². The number of primary amides is 1. The maximum Gasteiger partial charge on any atom is 0.250 e. The van der Waals surface area contributed by atoms with Gasteiger partial charge in [-0.1, -0.05) is 36.4 Å². The Balaban J connectivity index is 1.91. The van der Waals surface area contributed by atoms with E-state index in [9.17, 15) is 4.79 Å². The zero-order valence-electron chi connectivity index (χ0n) is 13.1. The first-order valence-electron chi connectivity index (χ1n) is 7.58. The third-order valence-corrected chi connectivity index (χ3v) is 3.71. The Morgan fingerprint density at radius 3 is 2.58 bits per heavy atom. The van der Waals surface area contributed by atoms with Gasteiger partial charge < -0.3 is 16.5 Å². The standard InChI is InChI=1S/C19H18N4O/c20-12-18-16(19(21)24)11-17(23-18)14-8-9-22-15(10-14)7-6-13-4-2-1-3-5-13/h1-11,23H,12,20H2,(H2,21,24). The minimum absolute atomic E-state index is 0.226. The number of nitrogens with zero attached hydrogens (tertiary/aromatic N) is 1. The molecule has 5 N–H and O–H groups in total. The molecule has 0 bridgehead atoms.